The molecule has 0 unspecified atom stereocenters. The SMILES string of the molecule is COc1ccc(C[C@H](CCC(=O)O)[C@H](Cc2ccc(OC)c(OC)c2)C(=O)O)cc1OC. The third-order valence-electron chi connectivity index (χ3n) is 5.46. The van der Waals surface area contributed by atoms with Gasteiger partial charge < -0.3 is 29.2 Å². The highest BCUT2D eigenvalue weighted by atomic mass is 16.5. The van der Waals surface area contributed by atoms with Crippen LogP contribution in [-0.4, -0.2) is 50.6 Å². The fourth-order valence-corrected chi connectivity index (χ4v) is 3.78. The summed E-state index contributed by atoms with van der Waals surface area (Å²) < 4.78 is 21.2. The number of hydrogen-bond donors (Lipinski definition) is 2. The van der Waals surface area contributed by atoms with Gasteiger partial charge in [-0.15, -0.1) is 0 Å². The van der Waals surface area contributed by atoms with Crippen LogP contribution in [0.2, 0.25) is 0 Å². The Labute approximate surface area is 187 Å². The second kappa shape index (κ2) is 11.8. The molecule has 0 saturated carbocycles. The van der Waals surface area contributed by atoms with Crippen molar-refractivity contribution >= 4 is 11.9 Å². The Hall–Kier alpha value is -3.42. The molecular weight excluding hydrogens is 416 g/mol. The summed E-state index contributed by atoms with van der Waals surface area (Å²) in [7, 11) is 6.11. The van der Waals surface area contributed by atoms with Crippen LogP contribution in [0.25, 0.3) is 0 Å². The van der Waals surface area contributed by atoms with E-state index in [1.165, 1.54) is 28.4 Å². The van der Waals surface area contributed by atoms with Gasteiger partial charge in [-0.05, 0) is 60.6 Å². The summed E-state index contributed by atoms with van der Waals surface area (Å²) in [6.45, 7) is 0. The van der Waals surface area contributed by atoms with Gasteiger partial charge in [-0.3, -0.25) is 9.59 Å². The van der Waals surface area contributed by atoms with Gasteiger partial charge in [-0.2, -0.15) is 0 Å². The van der Waals surface area contributed by atoms with E-state index < -0.39 is 23.8 Å². The largest absolute Gasteiger partial charge is 0.493 e. The van der Waals surface area contributed by atoms with Gasteiger partial charge in [0.25, 0.3) is 0 Å². The van der Waals surface area contributed by atoms with E-state index in [1.807, 2.05) is 6.07 Å². The number of ether oxygens (including phenoxy) is 4. The molecule has 0 aromatic heterocycles. The van der Waals surface area contributed by atoms with Crippen LogP contribution in [0, 0.1) is 11.8 Å². The van der Waals surface area contributed by atoms with E-state index >= 15 is 0 Å². The Morgan fingerprint density at radius 2 is 1.22 bits per heavy atom. The number of carboxylic acids is 2. The average Bonchev–Trinajstić information content (AvgIpc) is 2.79. The second-order valence-electron chi connectivity index (χ2n) is 7.42. The quantitative estimate of drug-likeness (QED) is 0.479. The summed E-state index contributed by atoms with van der Waals surface area (Å²) in [5, 5.41) is 19.2. The first-order valence-corrected chi connectivity index (χ1v) is 10.2. The molecule has 8 nitrogen and oxygen atoms in total. The van der Waals surface area contributed by atoms with Crippen LogP contribution in [0.15, 0.2) is 36.4 Å². The van der Waals surface area contributed by atoms with Gasteiger partial charge in [-0.25, -0.2) is 0 Å². The molecule has 2 aromatic carbocycles. The fourth-order valence-electron chi connectivity index (χ4n) is 3.78. The molecule has 2 N–H and O–H groups in total. The summed E-state index contributed by atoms with van der Waals surface area (Å²) in [4.78, 5) is 23.5. The predicted octanol–water partition coefficient (Wildman–Crippen LogP) is 3.69. The maximum absolute atomic E-state index is 12.2. The van der Waals surface area contributed by atoms with Gasteiger partial charge in [0.2, 0.25) is 0 Å². The molecule has 8 heteroatoms. The van der Waals surface area contributed by atoms with Crippen molar-refractivity contribution in [3.05, 3.63) is 47.5 Å². The van der Waals surface area contributed by atoms with Crippen LogP contribution in [0.4, 0.5) is 0 Å². The molecule has 0 radical (unpaired) electrons. The van der Waals surface area contributed by atoms with Crippen LogP contribution in [0.5, 0.6) is 23.0 Å². The maximum Gasteiger partial charge on any atom is 0.307 e. The van der Waals surface area contributed by atoms with Gasteiger partial charge in [-0.1, -0.05) is 12.1 Å². The lowest BCUT2D eigenvalue weighted by molar-refractivity contribution is -0.145. The molecule has 174 valence electrons. The van der Waals surface area contributed by atoms with Crippen molar-refractivity contribution in [2.45, 2.75) is 25.7 Å². The van der Waals surface area contributed by atoms with Crippen LogP contribution in [0.1, 0.15) is 24.0 Å². The van der Waals surface area contributed by atoms with Gasteiger partial charge in [0.15, 0.2) is 23.0 Å². The third-order valence-corrected chi connectivity index (χ3v) is 5.46. The fraction of sp³-hybridized carbons (Fsp3) is 0.417. The first-order valence-electron chi connectivity index (χ1n) is 10.2. The molecule has 2 aromatic rings. The summed E-state index contributed by atoms with van der Waals surface area (Å²) in [5.74, 6) is -0.970. The first kappa shape index (κ1) is 24.8. The molecular formula is C24H30O8. The number of methoxy groups -OCH3 is 4. The van der Waals surface area contributed by atoms with Crippen molar-refractivity contribution in [2.75, 3.05) is 28.4 Å². The number of rotatable bonds is 13. The normalized spacial score (nSPS) is 12.5. The van der Waals surface area contributed by atoms with Crippen molar-refractivity contribution in [1.29, 1.82) is 0 Å². The van der Waals surface area contributed by atoms with Gasteiger partial charge >= 0.3 is 11.9 Å². The molecule has 0 spiro atoms. The molecule has 0 saturated heterocycles. The van der Waals surface area contributed by atoms with Gasteiger partial charge in [0.05, 0.1) is 34.4 Å². The summed E-state index contributed by atoms with van der Waals surface area (Å²) in [6.07, 6.45) is 0.729. The molecule has 0 amide bonds. The minimum absolute atomic E-state index is 0.117. The van der Waals surface area contributed by atoms with Crippen LogP contribution in [-0.2, 0) is 22.4 Å². The molecule has 0 aliphatic carbocycles. The van der Waals surface area contributed by atoms with Gasteiger partial charge in [0, 0.05) is 6.42 Å². The van der Waals surface area contributed by atoms with Crippen molar-refractivity contribution in [1.82, 2.24) is 0 Å². The van der Waals surface area contributed by atoms with Crippen molar-refractivity contribution in [3.63, 3.8) is 0 Å². The van der Waals surface area contributed by atoms with Crippen LogP contribution in [0.3, 0.4) is 0 Å². The van der Waals surface area contributed by atoms with Crippen LogP contribution >= 0.6 is 0 Å². The van der Waals surface area contributed by atoms with E-state index in [-0.39, 0.29) is 19.3 Å². The molecule has 0 fully saturated rings. The van der Waals surface area contributed by atoms with E-state index in [0.717, 1.165) is 11.1 Å². The average molecular weight is 446 g/mol. The smallest absolute Gasteiger partial charge is 0.307 e. The highest BCUT2D eigenvalue weighted by Crippen LogP contribution is 2.33. The Bertz CT molecular complexity index is 924. The summed E-state index contributed by atoms with van der Waals surface area (Å²) in [6, 6.07) is 10.7. The lowest BCUT2D eigenvalue weighted by Gasteiger charge is -2.24. The topological polar surface area (TPSA) is 112 Å². The Morgan fingerprint density at radius 3 is 1.62 bits per heavy atom. The van der Waals surface area contributed by atoms with E-state index in [2.05, 4.69) is 0 Å². The molecule has 2 rings (SSSR count). The number of carbonyl (C=O) groups is 2. The Kier molecular flexibility index (Phi) is 9.19. The van der Waals surface area contributed by atoms with Crippen LogP contribution < -0.4 is 18.9 Å². The Morgan fingerprint density at radius 1 is 0.750 bits per heavy atom. The standard InChI is InChI=1S/C24H30O8/c1-29-19-8-5-15(13-21(19)31-3)11-17(7-10-23(25)26)18(24(27)28)12-16-6-9-20(30-2)22(14-16)32-4/h5-6,8-9,13-14,17-18H,7,10-12H2,1-4H3,(H,25,26)(H,27,28)/t17-,18-/m0/s1. The summed E-state index contributed by atoms with van der Waals surface area (Å²) >= 11 is 0. The van der Waals surface area contributed by atoms with Crippen molar-refractivity contribution in [3.8, 4) is 23.0 Å². The molecule has 32 heavy (non-hydrogen) atoms. The highest BCUT2D eigenvalue weighted by Gasteiger charge is 2.29. The van der Waals surface area contributed by atoms with Crippen molar-refractivity contribution < 1.29 is 38.7 Å². The highest BCUT2D eigenvalue weighted by molar-refractivity contribution is 5.71. The summed E-state index contributed by atoms with van der Waals surface area (Å²) in [5.41, 5.74) is 1.61. The lowest BCUT2D eigenvalue weighted by Crippen LogP contribution is -2.28. The zero-order valence-corrected chi connectivity index (χ0v) is 18.8. The predicted molar refractivity (Wildman–Crippen MR) is 118 cm³/mol. The number of carboxylic acid groups (broad SMARTS) is 2. The number of hydrogen-bond acceptors (Lipinski definition) is 6. The van der Waals surface area contributed by atoms with E-state index in [9.17, 15) is 19.8 Å². The molecule has 2 atom stereocenters. The van der Waals surface area contributed by atoms with Gasteiger partial charge in [0.1, 0.15) is 0 Å². The third kappa shape index (κ3) is 6.54. The number of aliphatic carboxylic acids is 2. The van der Waals surface area contributed by atoms with E-state index in [4.69, 9.17) is 18.9 Å². The Balaban J connectivity index is 2.34. The maximum atomic E-state index is 12.2. The molecule has 0 bridgehead atoms. The minimum Gasteiger partial charge on any atom is -0.493 e. The van der Waals surface area contributed by atoms with E-state index in [0.29, 0.717) is 29.4 Å². The monoisotopic (exact) mass is 446 g/mol. The van der Waals surface area contributed by atoms with E-state index in [1.54, 1.807) is 30.3 Å². The zero-order valence-electron chi connectivity index (χ0n) is 18.8. The zero-order chi connectivity index (χ0) is 23.7. The lowest BCUT2D eigenvalue weighted by atomic mass is 9.80. The minimum atomic E-state index is -0.976. The first-order chi connectivity index (χ1) is 15.3. The number of benzene rings is 2. The van der Waals surface area contributed by atoms with Crippen molar-refractivity contribution in [2.24, 2.45) is 11.8 Å². The molecule has 0 aliphatic rings. The second-order valence-corrected chi connectivity index (χ2v) is 7.42. The molecule has 0 aliphatic heterocycles. The molecule has 0 heterocycles.